The zero-order valence-corrected chi connectivity index (χ0v) is 13.5. The van der Waals surface area contributed by atoms with Crippen molar-refractivity contribution in [1.82, 2.24) is 13.9 Å². The van der Waals surface area contributed by atoms with Gasteiger partial charge in [-0.2, -0.15) is 28.8 Å². The van der Waals surface area contributed by atoms with Crippen LogP contribution < -0.4 is 5.32 Å². The molecule has 2 aliphatic rings. The van der Waals surface area contributed by atoms with E-state index in [9.17, 15) is 8.42 Å². The second kappa shape index (κ2) is 6.76. The molecule has 5 nitrogen and oxygen atoms in total. The molecule has 1 unspecified atom stereocenters. The van der Waals surface area contributed by atoms with Crippen LogP contribution in [0, 0.1) is 5.92 Å². The predicted molar refractivity (Wildman–Crippen MR) is 80.6 cm³/mol. The number of hydrogen-bond acceptors (Lipinski definition) is 4. The van der Waals surface area contributed by atoms with Crippen molar-refractivity contribution in [2.24, 2.45) is 5.92 Å². The Kier molecular flexibility index (Phi) is 5.54. The molecule has 1 atom stereocenters. The van der Waals surface area contributed by atoms with E-state index in [0.717, 1.165) is 25.1 Å². The maximum absolute atomic E-state index is 12.6. The summed E-state index contributed by atoms with van der Waals surface area (Å²) in [6, 6.07) is 0. The lowest BCUT2D eigenvalue weighted by Gasteiger charge is -2.37. The molecule has 0 aliphatic carbocycles. The van der Waals surface area contributed by atoms with Gasteiger partial charge < -0.3 is 5.32 Å². The third-order valence-electron chi connectivity index (χ3n) is 3.92. The Morgan fingerprint density at radius 2 is 1.89 bits per heavy atom. The van der Waals surface area contributed by atoms with E-state index in [1.165, 1.54) is 0 Å². The molecule has 0 aromatic rings. The van der Waals surface area contributed by atoms with E-state index in [1.54, 1.807) is 8.61 Å². The van der Waals surface area contributed by atoms with Gasteiger partial charge in [-0.05, 0) is 32.4 Å². The molecule has 2 rings (SSSR count). The van der Waals surface area contributed by atoms with Crippen LogP contribution in [0.4, 0.5) is 0 Å². The summed E-state index contributed by atoms with van der Waals surface area (Å²) in [4.78, 5) is 0. The first-order valence-electron chi connectivity index (χ1n) is 7.05. The number of rotatable bonds is 4. The van der Waals surface area contributed by atoms with Crippen molar-refractivity contribution in [2.75, 3.05) is 45.5 Å². The van der Waals surface area contributed by atoms with Crippen molar-refractivity contribution in [3.63, 3.8) is 0 Å². The van der Waals surface area contributed by atoms with Crippen molar-refractivity contribution < 1.29 is 8.42 Å². The summed E-state index contributed by atoms with van der Waals surface area (Å²) >= 11 is 1.86. The van der Waals surface area contributed by atoms with Gasteiger partial charge in [0.05, 0.1) is 0 Å². The second-order valence-corrected chi connectivity index (χ2v) is 8.92. The van der Waals surface area contributed by atoms with Crippen LogP contribution in [0.3, 0.4) is 0 Å². The maximum atomic E-state index is 12.6. The first-order chi connectivity index (χ1) is 9.04. The van der Waals surface area contributed by atoms with E-state index in [4.69, 9.17) is 0 Å². The van der Waals surface area contributed by atoms with E-state index < -0.39 is 10.2 Å². The van der Waals surface area contributed by atoms with Gasteiger partial charge in [0.15, 0.2) is 0 Å². The smallest absolute Gasteiger partial charge is 0.282 e. The number of hydrogen-bond donors (Lipinski definition) is 1. The highest BCUT2D eigenvalue weighted by molar-refractivity contribution is 8.00. The van der Waals surface area contributed by atoms with Crippen LogP contribution in [0.1, 0.15) is 19.8 Å². The van der Waals surface area contributed by atoms with E-state index >= 15 is 0 Å². The Morgan fingerprint density at radius 1 is 1.21 bits per heavy atom. The van der Waals surface area contributed by atoms with Gasteiger partial charge in [-0.25, -0.2) is 0 Å². The van der Waals surface area contributed by atoms with Gasteiger partial charge in [0.2, 0.25) is 0 Å². The topological polar surface area (TPSA) is 52.7 Å². The van der Waals surface area contributed by atoms with Crippen molar-refractivity contribution in [2.45, 2.75) is 25.0 Å². The standard InChI is InChI=1S/C12H25N3O2S2/c1-11-10-15(7-8-18-11)19(16,17)14-5-3-12(4-6-14)9-13-2/h11-13H,3-10H2,1-2H3. The minimum Gasteiger partial charge on any atom is -0.319 e. The lowest BCUT2D eigenvalue weighted by molar-refractivity contribution is 0.252. The van der Waals surface area contributed by atoms with Crippen LogP contribution in [0.15, 0.2) is 0 Å². The van der Waals surface area contributed by atoms with Gasteiger partial charge in [-0.1, -0.05) is 6.92 Å². The molecule has 1 N–H and O–H groups in total. The summed E-state index contributed by atoms with van der Waals surface area (Å²) in [7, 11) is -1.27. The number of thioether (sulfide) groups is 1. The Morgan fingerprint density at radius 3 is 2.47 bits per heavy atom. The van der Waals surface area contributed by atoms with Crippen molar-refractivity contribution in [3.05, 3.63) is 0 Å². The van der Waals surface area contributed by atoms with Crippen LogP contribution in [0.25, 0.3) is 0 Å². The van der Waals surface area contributed by atoms with Crippen molar-refractivity contribution in [1.29, 1.82) is 0 Å². The zero-order valence-electron chi connectivity index (χ0n) is 11.8. The van der Waals surface area contributed by atoms with E-state index in [0.29, 0.717) is 37.3 Å². The van der Waals surface area contributed by atoms with Gasteiger partial charge in [-0.15, -0.1) is 0 Å². The normalized spacial score (nSPS) is 28.6. The molecule has 0 bridgehead atoms. The van der Waals surface area contributed by atoms with Gasteiger partial charge in [-0.3, -0.25) is 0 Å². The van der Waals surface area contributed by atoms with Gasteiger partial charge in [0, 0.05) is 37.2 Å². The Balaban J connectivity index is 1.93. The Hall–Kier alpha value is 0.180. The molecule has 2 fully saturated rings. The average molecular weight is 307 g/mol. The first-order valence-corrected chi connectivity index (χ1v) is 9.50. The molecule has 2 aliphatic heterocycles. The lowest BCUT2D eigenvalue weighted by atomic mass is 9.98. The van der Waals surface area contributed by atoms with Crippen LogP contribution in [-0.2, 0) is 10.2 Å². The molecule has 0 amide bonds. The highest BCUT2D eigenvalue weighted by Crippen LogP contribution is 2.25. The van der Waals surface area contributed by atoms with Crippen LogP contribution in [0.2, 0.25) is 0 Å². The highest BCUT2D eigenvalue weighted by Gasteiger charge is 2.34. The maximum Gasteiger partial charge on any atom is 0.282 e. The van der Waals surface area contributed by atoms with Gasteiger partial charge in [0.25, 0.3) is 10.2 Å². The van der Waals surface area contributed by atoms with Gasteiger partial charge >= 0.3 is 0 Å². The van der Waals surface area contributed by atoms with E-state index in [2.05, 4.69) is 12.2 Å². The average Bonchev–Trinajstić information content (AvgIpc) is 2.40. The fourth-order valence-corrected chi connectivity index (χ4v) is 5.75. The third-order valence-corrected chi connectivity index (χ3v) is 7.06. The second-order valence-electron chi connectivity index (χ2n) is 5.45. The molecule has 112 valence electrons. The largest absolute Gasteiger partial charge is 0.319 e. The summed E-state index contributed by atoms with van der Waals surface area (Å²) in [5, 5.41) is 3.59. The summed E-state index contributed by atoms with van der Waals surface area (Å²) in [6.45, 7) is 5.76. The quantitative estimate of drug-likeness (QED) is 0.826. The number of nitrogens with one attached hydrogen (secondary N) is 1. The first kappa shape index (κ1) is 15.6. The molecule has 0 aromatic heterocycles. The molecule has 0 saturated carbocycles. The minimum atomic E-state index is -3.22. The number of nitrogens with zero attached hydrogens (tertiary/aromatic N) is 2. The van der Waals surface area contributed by atoms with Crippen LogP contribution in [0.5, 0.6) is 0 Å². The fourth-order valence-electron chi connectivity index (χ4n) is 2.79. The summed E-state index contributed by atoms with van der Waals surface area (Å²) in [5.74, 6) is 1.53. The third kappa shape index (κ3) is 3.85. The molecule has 2 saturated heterocycles. The summed E-state index contributed by atoms with van der Waals surface area (Å²) in [6.07, 6.45) is 1.94. The Labute approximate surface area is 121 Å². The Bertz CT molecular complexity index is 380. The minimum absolute atomic E-state index is 0.408. The molecule has 2 heterocycles. The van der Waals surface area contributed by atoms with Gasteiger partial charge in [0.1, 0.15) is 0 Å². The molecule has 0 aromatic carbocycles. The van der Waals surface area contributed by atoms with Crippen molar-refractivity contribution in [3.8, 4) is 0 Å². The summed E-state index contributed by atoms with van der Waals surface area (Å²) in [5.41, 5.74) is 0. The lowest BCUT2D eigenvalue weighted by Crippen LogP contribution is -2.51. The predicted octanol–water partition coefficient (Wildman–Crippen LogP) is 0.600. The fraction of sp³-hybridized carbons (Fsp3) is 1.00. The molecular formula is C12H25N3O2S2. The van der Waals surface area contributed by atoms with Crippen molar-refractivity contribution >= 4 is 22.0 Å². The summed E-state index contributed by atoms with van der Waals surface area (Å²) < 4.78 is 28.5. The SMILES string of the molecule is CNCC1CCN(S(=O)(=O)N2CCSC(C)C2)CC1. The molecule has 19 heavy (non-hydrogen) atoms. The molecule has 0 spiro atoms. The zero-order chi connectivity index (χ0) is 13.9. The molecule has 7 heteroatoms. The monoisotopic (exact) mass is 307 g/mol. The molecular weight excluding hydrogens is 282 g/mol. The van der Waals surface area contributed by atoms with Crippen LogP contribution in [-0.4, -0.2) is 67.8 Å². The number of piperidine rings is 1. The van der Waals surface area contributed by atoms with E-state index in [1.807, 2.05) is 18.8 Å². The molecule has 0 radical (unpaired) electrons. The highest BCUT2D eigenvalue weighted by atomic mass is 32.2. The van der Waals surface area contributed by atoms with E-state index in [-0.39, 0.29) is 0 Å². The van der Waals surface area contributed by atoms with Crippen LogP contribution >= 0.6 is 11.8 Å².